The number of carbonyl (C=O) groups excluding carboxylic acids is 2. The summed E-state index contributed by atoms with van der Waals surface area (Å²) in [6, 6.07) is -0.602. The number of hydrogen-bond acceptors (Lipinski definition) is 5. The first-order valence-corrected chi connectivity index (χ1v) is 6.54. The average molecular weight is 250 g/mol. The molecule has 0 aliphatic carbocycles. The molecule has 0 saturated carbocycles. The van der Waals surface area contributed by atoms with E-state index in [1.54, 1.807) is 13.8 Å². The molecule has 1 unspecified atom stereocenters. The summed E-state index contributed by atoms with van der Waals surface area (Å²) < 4.78 is 22.2. The SMILES string of the molecule is CCOP(=O)(OCC)C1NC(=O)N(C)C1=O. The van der Waals surface area contributed by atoms with Crippen molar-refractivity contribution in [1.82, 2.24) is 10.2 Å². The first-order chi connectivity index (χ1) is 7.46. The van der Waals surface area contributed by atoms with Gasteiger partial charge in [0, 0.05) is 7.05 Å². The van der Waals surface area contributed by atoms with Gasteiger partial charge >= 0.3 is 13.6 Å². The van der Waals surface area contributed by atoms with Crippen molar-refractivity contribution in [3.8, 4) is 0 Å². The molecule has 1 aliphatic rings. The second-order valence-corrected chi connectivity index (χ2v) is 5.24. The third-order valence-electron chi connectivity index (χ3n) is 2.06. The Morgan fingerprint density at radius 3 is 2.12 bits per heavy atom. The van der Waals surface area contributed by atoms with Crippen LogP contribution < -0.4 is 5.32 Å². The van der Waals surface area contributed by atoms with Gasteiger partial charge in [0.05, 0.1) is 13.2 Å². The van der Waals surface area contributed by atoms with E-state index >= 15 is 0 Å². The molecule has 16 heavy (non-hydrogen) atoms. The molecule has 1 N–H and O–H groups in total. The van der Waals surface area contributed by atoms with E-state index in [-0.39, 0.29) is 13.2 Å². The van der Waals surface area contributed by atoms with Crippen molar-refractivity contribution in [3.63, 3.8) is 0 Å². The molecule has 0 aromatic carbocycles. The Morgan fingerprint density at radius 2 is 1.81 bits per heavy atom. The van der Waals surface area contributed by atoms with Crippen molar-refractivity contribution >= 4 is 19.5 Å². The van der Waals surface area contributed by atoms with Gasteiger partial charge in [-0.05, 0) is 13.8 Å². The van der Waals surface area contributed by atoms with Crippen LogP contribution in [0.3, 0.4) is 0 Å². The molecule has 8 heteroatoms. The lowest BCUT2D eigenvalue weighted by molar-refractivity contribution is -0.125. The number of urea groups is 1. The van der Waals surface area contributed by atoms with Gasteiger partial charge in [-0.1, -0.05) is 0 Å². The summed E-state index contributed by atoms with van der Waals surface area (Å²) in [5.41, 5.74) is 0. The number of likely N-dealkylation sites (N-methyl/N-ethyl adjacent to an activating group) is 1. The molecule has 0 spiro atoms. The Bertz CT molecular complexity index is 335. The molecule has 3 amide bonds. The van der Waals surface area contributed by atoms with Gasteiger partial charge in [0.15, 0.2) is 0 Å². The zero-order valence-electron chi connectivity index (χ0n) is 9.43. The summed E-state index contributed by atoms with van der Waals surface area (Å²) in [6.45, 7) is 3.55. The van der Waals surface area contributed by atoms with E-state index in [0.717, 1.165) is 4.90 Å². The minimum Gasteiger partial charge on any atom is -0.315 e. The molecular weight excluding hydrogens is 235 g/mol. The summed E-state index contributed by atoms with van der Waals surface area (Å²) in [7, 11) is -2.32. The highest BCUT2D eigenvalue weighted by molar-refractivity contribution is 7.55. The molecule has 1 fully saturated rings. The quantitative estimate of drug-likeness (QED) is 0.575. The topological polar surface area (TPSA) is 84.9 Å². The number of hydrogen-bond donors (Lipinski definition) is 1. The smallest absolute Gasteiger partial charge is 0.315 e. The van der Waals surface area contributed by atoms with E-state index in [1.807, 2.05) is 0 Å². The van der Waals surface area contributed by atoms with Crippen LogP contribution in [0.15, 0.2) is 0 Å². The van der Waals surface area contributed by atoms with E-state index in [1.165, 1.54) is 7.05 Å². The van der Waals surface area contributed by atoms with Crippen LogP contribution in [0.25, 0.3) is 0 Å². The van der Waals surface area contributed by atoms with Crippen molar-refractivity contribution < 1.29 is 23.2 Å². The van der Waals surface area contributed by atoms with Gasteiger partial charge in [0.25, 0.3) is 5.91 Å². The van der Waals surface area contributed by atoms with Crippen molar-refractivity contribution in [2.45, 2.75) is 19.6 Å². The lowest BCUT2D eigenvalue weighted by atomic mass is 10.6. The Morgan fingerprint density at radius 1 is 1.31 bits per heavy atom. The zero-order valence-corrected chi connectivity index (χ0v) is 10.3. The molecule has 7 nitrogen and oxygen atoms in total. The van der Waals surface area contributed by atoms with E-state index in [9.17, 15) is 14.2 Å². The first kappa shape index (κ1) is 13.2. The molecule has 1 atom stereocenters. The minimum absolute atomic E-state index is 0.140. The summed E-state index contributed by atoms with van der Waals surface area (Å²) in [5.74, 6) is -1.83. The Labute approximate surface area is 93.6 Å². The Kier molecular flexibility index (Phi) is 4.07. The van der Waals surface area contributed by atoms with Gasteiger partial charge in [-0.25, -0.2) is 4.79 Å². The molecule has 0 aromatic rings. The van der Waals surface area contributed by atoms with Gasteiger partial charge in [-0.2, -0.15) is 0 Å². The van der Waals surface area contributed by atoms with Crippen molar-refractivity contribution in [1.29, 1.82) is 0 Å². The second-order valence-electron chi connectivity index (χ2n) is 3.12. The molecule has 1 rings (SSSR count). The first-order valence-electron chi connectivity index (χ1n) is 4.93. The predicted molar refractivity (Wildman–Crippen MR) is 55.9 cm³/mol. The molecule has 1 aliphatic heterocycles. The number of nitrogens with zero attached hydrogens (tertiary/aromatic N) is 1. The standard InChI is InChI=1S/C8H15N2O5P/c1-4-14-16(13,15-5-2)6-7(11)10(3)8(12)9-6/h6H,4-5H2,1-3H3,(H,9,12). The van der Waals surface area contributed by atoms with Crippen LogP contribution in [0.5, 0.6) is 0 Å². The molecule has 1 saturated heterocycles. The molecule has 0 bridgehead atoms. The fraction of sp³-hybridized carbons (Fsp3) is 0.750. The molecular formula is C8H15N2O5P. The maximum absolute atomic E-state index is 12.2. The van der Waals surface area contributed by atoms with E-state index < -0.39 is 25.3 Å². The summed E-state index contributed by atoms with van der Waals surface area (Å²) in [5, 5.41) is 2.29. The Hall–Kier alpha value is -0.910. The van der Waals surface area contributed by atoms with Gasteiger partial charge in [-0.15, -0.1) is 0 Å². The molecule has 92 valence electrons. The van der Waals surface area contributed by atoms with E-state index in [2.05, 4.69) is 5.32 Å². The molecule has 1 heterocycles. The number of nitrogens with one attached hydrogen (secondary N) is 1. The number of rotatable bonds is 5. The average Bonchev–Trinajstić information content (AvgIpc) is 2.47. The lowest BCUT2D eigenvalue weighted by Gasteiger charge is -2.20. The van der Waals surface area contributed by atoms with Crippen LogP contribution in [0.2, 0.25) is 0 Å². The largest absolute Gasteiger partial charge is 0.362 e. The van der Waals surface area contributed by atoms with E-state index in [4.69, 9.17) is 9.05 Å². The monoisotopic (exact) mass is 250 g/mol. The van der Waals surface area contributed by atoms with Crippen LogP contribution >= 0.6 is 7.60 Å². The van der Waals surface area contributed by atoms with Gasteiger partial charge < -0.3 is 14.4 Å². The lowest BCUT2D eigenvalue weighted by Crippen LogP contribution is -2.30. The van der Waals surface area contributed by atoms with Crippen LogP contribution in [-0.4, -0.2) is 42.9 Å². The van der Waals surface area contributed by atoms with Crippen LogP contribution in [0.1, 0.15) is 13.8 Å². The third kappa shape index (κ3) is 2.26. The third-order valence-corrected chi connectivity index (χ3v) is 4.28. The minimum atomic E-state index is -3.62. The normalized spacial score (nSPS) is 21.4. The predicted octanol–water partition coefficient (Wildman–Crippen LogP) is 0.760. The fourth-order valence-corrected chi connectivity index (χ4v) is 3.12. The second kappa shape index (κ2) is 4.95. The number of amides is 3. The molecule has 0 radical (unpaired) electrons. The van der Waals surface area contributed by atoms with Gasteiger partial charge in [-0.3, -0.25) is 14.3 Å². The Balaban J connectivity index is 2.92. The zero-order chi connectivity index (χ0) is 12.3. The van der Waals surface area contributed by atoms with Gasteiger partial charge in [0.1, 0.15) is 0 Å². The number of carbonyl (C=O) groups is 2. The van der Waals surface area contributed by atoms with Crippen molar-refractivity contribution in [2.24, 2.45) is 0 Å². The number of imide groups is 1. The maximum atomic E-state index is 12.2. The van der Waals surface area contributed by atoms with Crippen LogP contribution in [0, 0.1) is 0 Å². The van der Waals surface area contributed by atoms with Crippen molar-refractivity contribution in [3.05, 3.63) is 0 Å². The molecule has 0 aromatic heterocycles. The highest BCUT2D eigenvalue weighted by atomic mass is 31.2. The summed E-state index contributed by atoms with van der Waals surface area (Å²) >= 11 is 0. The highest BCUT2D eigenvalue weighted by Gasteiger charge is 2.49. The fourth-order valence-electron chi connectivity index (χ4n) is 1.32. The van der Waals surface area contributed by atoms with Crippen LogP contribution in [0.4, 0.5) is 4.79 Å². The van der Waals surface area contributed by atoms with E-state index in [0.29, 0.717) is 0 Å². The highest BCUT2D eigenvalue weighted by Crippen LogP contribution is 2.53. The summed E-state index contributed by atoms with van der Waals surface area (Å²) in [4.78, 5) is 23.7. The van der Waals surface area contributed by atoms with Crippen LogP contribution in [-0.2, 0) is 18.4 Å². The van der Waals surface area contributed by atoms with Crippen molar-refractivity contribution in [2.75, 3.05) is 20.3 Å². The van der Waals surface area contributed by atoms with Gasteiger partial charge in [0.2, 0.25) is 5.78 Å². The maximum Gasteiger partial charge on any atom is 0.362 e. The summed E-state index contributed by atoms with van der Waals surface area (Å²) in [6.07, 6.45) is 0.